The summed E-state index contributed by atoms with van der Waals surface area (Å²) in [6.45, 7) is 0.562. The Labute approximate surface area is 149 Å². The first-order valence-corrected chi connectivity index (χ1v) is 8.69. The van der Waals surface area contributed by atoms with Crippen LogP contribution in [0.4, 0.5) is 0 Å². The van der Waals surface area contributed by atoms with Gasteiger partial charge in [-0.15, -0.1) is 0 Å². The van der Waals surface area contributed by atoms with Gasteiger partial charge in [0.2, 0.25) is 0 Å². The van der Waals surface area contributed by atoms with Crippen LogP contribution in [-0.2, 0) is 6.42 Å². The second-order valence-corrected chi connectivity index (χ2v) is 6.40. The number of amides is 1. The lowest BCUT2D eigenvalue weighted by molar-refractivity contribution is 0.0725. The van der Waals surface area contributed by atoms with Gasteiger partial charge in [-0.3, -0.25) is 4.79 Å². The second-order valence-electron chi connectivity index (χ2n) is 6.40. The summed E-state index contributed by atoms with van der Waals surface area (Å²) in [5.74, 6) is 0.0418. The molecule has 0 aliphatic carbocycles. The molecule has 0 aromatic heterocycles. The van der Waals surface area contributed by atoms with Crippen LogP contribution in [0.25, 0.3) is 10.8 Å². The van der Waals surface area contributed by atoms with Crippen molar-refractivity contribution in [2.75, 3.05) is 13.6 Å². The van der Waals surface area contributed by atoms with Crippen molar-refractivity contribution in [2.45, 2.75) is 18.9 Å². The van der Waals surface area contributed by atoms with E-state index in [1.807, 2.05) is 66.5 Å². The fraction of sp³-hybridized carbons (Fsp3) is 0.227. The summed E-state index contributed by atoms with van der Waals surface area (Å²) in [6, 6.07) is 24.3. The predicted molar refractivity (Wildman–Crippen MR) is 104 cm³/mol. The van der Waals surface area contributed by atoms with E-state index < -0.39 is 0 Å². The summed E-state index contributed by atoms with van der Waals surface area (Å²) in [6.07, 6.45) is 1.60. The smallest absolute Gasteiger partial charge is 0.253 e. The van der Waals surface area contributed by atoms with Gasteiger partial charge in [0, 0.05) is 18.7 Å². The molecule has 0 aliphatic rings. The van der Waals surface area contributed by atoms with E-state index in [1.165, 1.54) is 5.56 Å². The zero-order chi connectivity index (χ0) is 17.6. The van der Waals surface area contributed by atoms with E-state index in [0.29, 0.717) is 6.54 Å². The number of carbonyl (C=O) groups excluding carboxylic acids is 1. The third-order valence-corrected chi connectivity index (χ3v) is 4.68. The Kier molecular flexibility index (Phi) is 5.46. The van der Waals surface area contributed by atoms with E-state index in [9.17, 15) is 4.79 Å². The molecule has 3 aromatic carbocycles. The van der Waals surface area contributed by atoms with Crippen molar-refractivity contribution in [3.8, 4) is 0 Å². The number of rotatable bonds is 6. The van der Waals surface area contributed by atoms with E-state index >= 15 is 0 Å². The first-order chi connectivity index (χ1) is 12.2. The molecule has 0 spiro atoms. The van der Waals surface area contributed by atoms with Crippen molar-refractivity contribution >= 4 is 16.7 Å². The lowest BCUT2D eigenvalue weighted by Gasteiger charge is -2.28. The number of likely N-dealkylation sites (N-methyl/N-ethyl adjacent to an activating group) is 1. The number of hydrogen-bond acceptors (Lipinski definition) is 2. The lowest BCUT2D eigenvalue weighted by Crippen LogP contribution is -2.39. The third-order valence-electron chi connectivity index (χ3n) is 4.68. The molecular weight excluding hydrogens is 308 g/mol. The second kappa shape index (κ2) is 7.95. The van der Waals surface area contributed by atoms with Gasteiger partial charge in [-0.05, 0) is 47.9 Å². The number of carbonyl (C=O) groups is 1. The van der Waals surface area contributed by atoms with Crippen LogP contribution in [0.3, 0.4) is 0 Å². The average Bonchev–Trinajstić information content (AvgIpc) is 2.67. The molecule has 3 nitrogen and oxygen atoms in total. The Bertz CT molecular complexity index is 845. The molecule has 3 heteroatoms. The van der Waals surface area contributed by atoms with E-state index in [2.05, 4.69) is 18.2 Å². The van der Waals surface area contributed by atoms with Crippen LogP contribution < -0.4 is 5.73 Å². The van der Waals surface area contributed by atoms with Gasteiger partial charge in [0.1, 0.15) is 0 Å². The first kappa shape index (κ1) is 17.2. The molecule has 0 radical (unpaired) electrons. The van der Waals surface area contributed by atoms with Crippen molar-refractivity contribution < 1.29 is 4.79 Å². The molecule has 128 valence electrons. The number of hydrogen-bond donors (Lipinski definition) is 1. The molecule has 0 fully saturated rings. The van der Waals surface area contributed by atoms with E-state index in [0.717, 1.165) is 29.2 Å². The molecule has 2 N–H and O–H groups in total. The summed E-state index contributed by atoms with van der Waals surface area (Å²) < 4.78 is 0. The molecule has 1 amide bonds. The summed E-state index contributed by atoms with van der Waals surface area (Å²) in [4.78, 5) is 14.8. The monoisotopic (exact) mass is 332 g/mol. The Hall–Kier alpha value is -2.65. The minimum absolute atomic E-state index is 0.0418. The van der Waals surface area contributed by atoms with E-state index in [-0.39, 0.29) is 11.9 Å². The van der Waals surface area contributed by atoms with Crippen LogP contribution >= 0.6 is 0 Å². The highest BCUT2D eigenvalue weighted by atomic mass is 16.2. The summed E-state index contributed by atoms with van der Waals surface area (Å²) in [7, 11) is 1.88. The Morgan fingerprint density at radius 1 is 0.960 bits per heavy atom. The molecule has 0 aliphatic heterocycles. The largest absolute Gasteiger partial charge is 0.338 e. The maximum Gasteiger partial charge on any atom is 0.253 e. The summed E-state index contributed by atoms with van der Waals surface area (Å²) >= 11 is 0. The minimum Gasteiger partial charge on any atom is -0.338 e. The number of benzene rings is 3. The van der Waals surface area contributed by atoms with Crippen molar-refractivity contribution in [3.63, 3.8) is 0 Å². The molecule has 0 unspecified atom stereocenters. The van der Waals surface area contributed by atoms with Crippen LogP contribution in [0.1, 0.15) is 22.3 Å². The summed E-state index contributed by atoms with van der Waals surface area (Å²) in [5.41, 5.74) is 7.74. The lowest BCUT2D eigenvalue weighted by atomic mass is 10.0. The number of nitrogens with two attached hydrogens (primary N) is 1. The predicted octanol–water partition coefficient (Wildman–Crippen LogP) is 3.87. The van der Waals surface area contributed by atoms with Crippen LogP contribution in [-0.4, -0.2) is 30.4 Å². The van der Waals surface area contributed by atoms with E-state index in [1.54, 1.807) is 0 Å². The maximum absolute atomic E-state index is 13.0. The Morgan fingerprint density at radius 3 is 2.36 bits per heavy atom. The fourth-order valence-electron chi connectivity index (χ4n) is 3.20. The highest BCUT2D eigenvalue weighted by Crippen LogP contribution is 2.19. The SMILES string of the molecule is CN(C(=O)c1ccc2ccccc2c1)[C@@H](CCN)Cc1ccccc1. The number of fused-ring (bicyclic) bond motifs is 1. The van der Waals surface area contributed by atoms with Crippen molar-refractivity contribution in [1.82, 2.24) is 4.90 Å². The van der Waals surface area contributed by atoms with Gasteiger partial charge in [-0.1, -0.05) is 60.7 Å². The maximum atomic E-state index is 13.0. The molecule has 3 aromatic rings. The molecule has 0 saturated heterocycles. The van der Waals surface area contributed by atoms with Gasteiger partial charge in [-0.25, -0.2) is 0 Å². The third kappa shape index (κ3) is 4.06. The zero-order valence-corrected chi connectivity index (χ0v) is 14.6. The van der Waals surface area contributed by atoms with Gasteiger partial charge in [0.05, 0.1) is 0 Å². The van der Waals surface area contributed by atoms with Crippen LogP contribution in [0.2, 0.25) is 0 Å². The van der Waals surface area contributed by atoms with Crippen molar-refractivity contribution in [2.24, 2.45) is 5.73 Å². The minimum atomic E-state index is 0.0418. The molecule has 0 saturated carbocycles. The quantitative estimate of drug-likeness (QED) is 0.745. The topological polar surface area (TPSA) is 46.3 Å². The Morgan fingerprint density at radius 2 is 1.64 bits per heavy atom. The van der Waals surface area contributed by atoms with Crippen molar-refractivity contribution in [3.05, 3.63) is 83.9 Å². The highest BCUT2D eigenvalue weighted by Gasteiger charge is 2.21. The molecule has 3 rings (SSSR count). The summed E-state index contributed by atoms with van der Waals surface area (Å²) in [5, 5.41) is 2.23. The standard InChI is InChI=1S/C22H24N2O/c1-24(21(13-14-23)15-17-7-3-2-4-8-17)22(25)20-12-11-18-9-5-6-10-19(18)16-20/h2-12,16,21H,13-15,23H2,1H3/t21-/m0/s1. The fourth-order valence-corrected chi connectivity index (χ4v) is 3.20. The molecule has 25 heavy (non-hydrogen) atoms. The normalized spacial score (nSPS) is 12.1. The van der Waals surface area contributed by atoms with Crippen LogP contribution in [0.5, 0.6) is 0 Å². The molecule has 1 atom stereocenters. The van der Waals surface area contributed by atoms with Gasteiger partial charge in [0.15, 0.2) is 0 Å². The van der Waals surface area contributed by atoms with Crippen molar-refractivity contribution in [1.29, 1.82) is 0 Å². The van der Waals surface area contributed by atoms with Gasteiger partial charge < -0.3 is 10.6 Å². The van der Waals surface area contributed by atoms with Crippen LogP contribution in [0, 0.1) is 0 Å². The molecular formula is C22H24N2O. The van der Waals surface area contributed by atoms with E-state index in [4.69, 9.17) is 5.73 Å². The van der Waals surface area contributed by atoms with Gasteiger partial charge in [0.25, 0.3) is 5.91 Å². The average molecular weight is 332 g/mol. The highest BCUT2D eigenvalue weighted by molar-refractivity contribution is 5.98. The Balaban J connectivity index is 1.82. The molecule has 0 bridgehead atoms. The zero-order valence-electron chi connectivity index (χ0n) is 14.6. The first-order valence-electron chi connectivity index (χ1n) is 8.69. The van der Waals surface area contributed by atoms with Gasteiger partial charge >= 0.3 is 0 Å². The van der Waals surface area contributed by atoms with Crippen LogP contribution in [0.15, 0.2) is 72.8 Å². The number of nitrogens with zero attached hydrogens (tertiary/aromatic N) is 1. The van der Waals surface area contributed by atoms with Gasteiger partial charge in [-0.2, -0.15) is 0 Å². The molecule has 0 heterocycles.